The number of benzene rings is 3. The molecule has 0 aliphatic heterocycles. The Morgan fingerprint density at radius 3 is 1.36 bits per heavy atom. The number of thiol groups is 1. The molecule has 0 saturated carbocycles. The number of nitrogens with two attached hydrogens (primary N) is 4. The summed E-state index contributed by atoms with van der Waals surface area (Å²) in [6.07, 6.45) is 2.00. The number of carbonyl (C=O) groups excluding carboxylic acids is 12. The van der Waals surface area contributed by atoms with Crippen LogP contribution in [0.25, 0.3) is 21.8 Å². The number of carboxylic acid groups (broad SMARTS) is 1. The second kappa shape index (κ2) is 37.9. The highest BCUT2D eigenvalue weighted by atomic mass is 32.1. The van der Waals surface area contributed by atoms with Gasteiger partial charge in [-0.05, 0) is 94.2 Å². The largest absolute Gasteiger partial charge is 0.481 e. The van der Waals surface area contributed by atoms with E-state index in [-0.39, 0.29) is 44.4 Å². The fourth-order valence-electron chi connectivity index (χ4n) is 10.3. The van der Waals surface area contributed by atoms with Crippen LogP contribution in [0.3, 0.4) is 0 Å². The van der Waals surface area contributed by atoms with Gasteiger partial charge in [-0.1, -0.05) is 87.0 Å². The minimum absolute atomic E-state index is 0.0449. The average Bonchev–Trinajstić information content (AvgIpc) is 1.73. The lowest BCUT2D eigenvalue weighted by molar-refractivity contribution is -0.138. The van der Waals surface area contributed by atoms with Crippen molar-refractivity contribution in [2.45, 2.75) is 172 Å². The third kappa shape index (κ3) is 23.5. The third-order valence-corrected chi connectivity index (χ3v) is 16.5. The summed E-state index contributed by atoms with van der Waals surface area (Å²) in [5.74, 6) is -12.5. The Balaban J connectivity index is 1.32. The van der Waals surface area contributed by atoms with Crippen molar-refractivity contribution >= 4 is 111 Å². The van der Waals surface area contributed by atoms with Crippen LogP contribution in [0.2, 0.25) is 0 Å². The number of unbranched alkanes of at least 4 members (excludes halogenated alkanes) is 1. The van der Waals surface area contributed by atoms with Crippen molar-refractivity contribution in [2.75, 3.05) is 12.3 Å². The van der Waals surface area contributed by atoms with Crippen molar-refractivity contribution < 1.29 is 67.4 Å². The monoisotopic (exact) mass is 1350 g/mol. The van der Waals surface area contributed by atoms with E-state index in [2.05, 4.69) is 75.8 Å². The van der Waals surface area contributed by atoms with Crippen LogP contribution in [0.4, 0.5) is 0 Å². The maximum Gasteiger partial charge on any atom is 0.303 e. The number of para-hydroxylation sites is 2. The fourth-order valence-corrected chi connectivity index (χ4v) is 10.5. The maximum absolute atomic E-state index is 14.7. The zero-order valence-corrected chi connectivity index (χ0v) is 55.2. The number of carbonyl (C=O) groups is 13. The quantitative estimate of drug-likeness (QED) is 0.0159. The van der Waals surface area contributed by atoms with E-state index in [1.807, 2.05) is 36.4 Å². The number of primary amides is 2. The van der Waals surface area contributed by atoms with E-state index in [1.54, 1.807) is 68.7 Å². The Labute approximate surface area is 560 Å². The molecule has 0 saturated heterocycles. The van der Waals surface area contributed by atoms with Crippen LogP contribution >= 0.6 is 12.6 Å². The van der Waals surface area contributed by atoms with Gasteiger partial charge >= 0.3 is 5.97 Å². The molecule has 30 nitrogen and oxygen atoms in total. The molecule has 0 aliphatic carbocycles. The van der Waals surface area contributed by atoms with Crippen LogP contribution in [-0.2, 0) is 81.6 Å². The number of aliphatic carboxylic acids is 1. The van der Waals surface area contributed by atoms with Crippen molar-refractivity contribution in [3.8, 4) is 0 Å². The van der Waals surface area contributed by atoms with Crippen molar-refractivity contribution in [1.82, 2.24) is 63.1 Å². The first-order valence-corrected chi connectivity index (χ1v) is 32.3. The molecule has 0 unspecified atom stereocenters. The van der Waals surface area contributed by atoms with Gasteiger partial charge in [0.05, 0.1) is 6.04 Å². The van der Waals surface area contributed by atoms with Gasteiger partial charge in [-0.3, -0.25) is 62.3 Å². The highest BCUT2D eigenvalue weighted by molar-refractivity contribution is 7.80. The lowest BCUT2D eigenvalue weighted by atomic mass is 9.97. The van der Waals surface area contributed by atoms with E-state index < -0.39 is 175 Å². The highest BCUT2D eigenvalue weighted by Gasteiger charge is 2.37. The third-order valence-electron chi connectivity index (χ3n) is 16.1. The molecule has 0 fully saturated rings. The van der Waals surface area contributed by atoms with Gasteiger partial charge < -0.3 is 91.2 Å². The molecule has 96 heavy (non-hydrogen) atoms. The van der Waals surface area contributed by atoms with E-state index in [1.165, 1.54) is 20.8 Å². The zero-order chi connectivity index (χ0) is 70.8. The Hall–Kier alpha value is -9.88. The van der Waals surface area contributed by atoms with Crippen LogP contribution in [0.5, 0.6) is 0 Å². The van der Waals surface area contributed by atoms with E-state index in [0.29, 0.717) is 29.5 Å². The summed E-state index contributed by atoms with van der Waals surface area (Å²) in [7, 11) is 0. The minimum Gasteiger partial charge on any atom is -0.481 e. The highest BCUT2D eigenvalue weighted by Crippen LogP contribution is 2.22. The van der Waals surface area contributed by atoms with Gasteiger partial charge in [-0.15, -0.1) is 0 Å². The number of fused-ring (bicyclic) bond motifs is 2. The van der Waals surface area contributed by atoms with Crippen molar-refractivity contribution in [3.63, 3.8) is 0 Å². The summed E-state index contributed by atoms with van der Waals surface area (Å²) in [5.41, 5.74) is 25.9. The van der Waals surface area contributed by atoms with Crippen LogP contribution in [0, 0.1) is 5.92 Å². The van der Waals surface area contributed by atoms with Crippen LogP contribution in [0.15, 0.2) is 91.3 Å². The van der Waals surface area contributed by atoms with Crippen molar-refractivity contribution in [2.24, 2.45) is 28.9 Å². The second-order valence-corrected chi connectivity index (χ2v) is 24.0. The summed E-state index contributed by atoms with van der Waals surface area (Å²) < 4.78 is 0. The van der Waals surface area contributed by atoms with Gasteiger partial charge in [-0.25, -0.2) is 0 Å². The molecule has 0 aliphatic rings. The summed E-state index contributed by atoms with van der Waals surface area (Å²) in [6, 6.07) is 8.06. The molecule has 12 atom stereocenters. The predicted octanol–water partition coefficient (Wildman–Crippen LogP) is -1.37. The fraction of sp³-hybridized carbons (Fsp3) is 0.462. The smallest absolute Gasteiger partial charge is 0.303 e. The van der Waals surface area contributed by atoms with Gasteiger partial charge in [0, 0.05) is 72.1 Å². The summed E-state index contributed by atoms with van der Waals surface area (Å²) in [6.45, 7) is 7.68. The molecule has 21 N–H and O–H groups in total. The van der Waals surface area contributed by atoms with E-state index in [4.69, 9.17) is 22.9 Å². The topological polar surface area (TPSA) is 498 Å². The standard InChI is InChI=1S/C65H90N16O14S/c1-6-34(2)54(65(95)76-45(22-14-15-27-66)59(89)74-46(23-25-52(68)82)60(90)75-47(24-26-53(83)84)61(91)77-48(55(69)85)28-38-16-8-7-9-17-38)81-58(88)37(5)72-57(87)36(4)73-62(92)49(29-39-31-70-43-20-12-10-18-41(39)43)78-63(93)50(30-40-32-71-44-21-13-11-19-42(40)44)79-64(94)51(33-96)80-56(86)35(3)67/h7-13,16-21,31-32,34-37,45-51,54,70-71,96H,6,14-15,22-30,33,66-67H2,1-5H3,(H2,68,82)(H2,69,85)(H,72,87)(H,73,92)(H,74,89)(H,75,90)(H,76,95)(H,77,91)(H,78,93)(H,79,94)(H,80,86)(H,81,88)(H,83,84)/t34-,35-,36-,37-,45-,46-,47-,48-,49-,50-,51-,54-/m0/s1. The summed E-state index contributed by atoms with van der Waals surface area (Å²) in [5, 5.41) is 36.9. The number of nitrogens with one attached hydrogen (secondary N) is 12. The van der Waals surface area contributed by atoms with Crippen LogP contribution in [-0.4, -0.2) is 171 Å². The molecule has 0 spiro atoms. The zero-order valence-electron chi connectivity index (χ0n) is 54.3. The normalized spacial score (nSPS) is 15.0. The number of H-pyrrole nitrogens is 2. The molecule has 5 rings (SSSR count). The van der Waals surface area contributed by atoms with Gasteiger partial charge in [0.25, 0.3) is 0 Å². The molecular weight excluding hydrogens is 1260 g/mol. The number of aromatic nitrogens is 2. The van der Waals surface area contributed by atoms with E-state index >= 15 is 0 Å². The Morgan fingerprint density at radius 2 is 0.885 bits per heavy atom. The Kier molecular flexibility index (Phi) is 30.3. The predicted molar refractivity (Wildman–Crippen MR) is 359 cm³/mol. The Bertz CT molecular complexity index is 3550. The molecule has 0 radical (unpaired) electrons. The first kappa shape index (κ1) is 76.8. The number of hydrogen-bond acceptors (Lipinski definition) is 16. The molecule has 2 aromatic heterocycles. The number of aromatic amines is 2. The molecule has 31 heteroatoms. The molecular formula is C65H90N16O14S. The Morgan fingerprint density at radius 1 is 0.469 bits per heavy atom. The molecule has 0 bridgehead atoms. The molecule has 3 aromatic carbocycles. The number of hydrogen-bond donors (Lipinski definition) is 18. The van der Waals surface area contributed by atoms with Crippen molar-refractivity contribution in [1.29, 1.82) is 0 Å². The lowest BCUT2D eigenvalue weighted by Gasteiger charge is -2.29. The first-order chi connectivity index (χ1) is 45.6. The molecule has 2 heterocycles. The number of amides is 12. The van der Waals surface area contributed by atoms with Crippen molar-refractivity contribution in [3.05, 3.63) is 108 Å². The molecule has 520 valence electrons. The van der Waals surface area contributed by atoms with Gasteiger partial charge in [0.15, 0.2) is 0 Å². The lowest BCUT2D eigenvalue weighted by Crippen LogP contribution is -2.61. The van der Waals surface area contributed by atoms with Gasteiger partial charge in [0.1, 0.15) is 60.4 Å². The van der Waals surface area contributed by atoms with Crippen LogP contribution in [0.1, 0.15) is 103 Å². The summed E-state index contributed by atoms with van der Waals surface area (Å²) in [4.78, 5) is 183. The number of carboxylic acids is 1. The summed E-state index contributed by atoms with van der Waals surface area (Å²) >= 11 is 4.26. The van der Waals surface area contributed by atoms with Gasteiger partial charge in [0.2, 0.25) is 70.9 Å². The average molecular weight is 1350 g/mol. The van der Waals surface area contributed by atoms with E-state index in [0.717, 1.165) is 21.8 Å². The SMILES string of the molecule is CC[C@H](C)[C@H](NC(=O)[C@H](C)NC(=O)[C@H](C)NC(=O)[C@H](Cc1c[nH]c2ccccc12)NC(=O)[C@H](Cc1c[nH]c2ccccc12)NC(=O)[C@H](CS)NC(=O)[C@H](C)N)C(=O)N[C@@H](CCCCN)C(=O)N[C@@H](CCC(N)=O)C(=O)N[C@@H](CCC(=O)O)C(=O)N[C@@H](Cc1ccccc1)C(N)=O. The van der Waals surface area contributed by atoms with E-state index in [9.17, 15) is 67.4 Å². The number of rotatable bonds is 40. The maximum atomic E-state index is 14.7. The molecule has 5 aromatic rings. The first-order valence-electron chi connectivity index (χ1n) is 31.7. The second-order valence-electron chi connectivity index (χ2n) is 23.7. The van der Waals surface area contributed by atoms with Gasteiger partial charge in [-0.2, -0.15) is 12.6 Å². The molecule has 12 amide bonds. The van der Waals surface area contributed by atoms with Crippen LogP contribution < -0.4 is 76.1 Å². The minimum atomic E-state index is -1.62.